The molecule has 0 aliphatic carbocycles. The molecular weight excluding hydrogens is 498 g/mol. The number of hydrogen-bond acceptors (Lipinski definition) is 8. The minimum Gasteiger partial charge on any atom is -0.546 e. The molecule has 37 heavy (non-hydrogen) atoms. The number of carboxylic acid groups (broad SMARTS) is 1. The number of nitrogens with one attached hydrogen (secondary N) is 2. The molecule has 1 amide bonds. The Morgan fingerprint density at radius 3 is 2.24 bits per heavy atom. The molecule has 0 atom stereocenters. The van der Waals surface area contributed by atoms with Crippen LogP contribution in [0.25, 0.3) is 6.08 Å². The monoisotopic (exact) mass is 520 g/mol. The molecule has 10 nitrogen and oxygen atoms in total. The van der Waals surface area contributed by atoms with Gasteiger partial charge in [-0.1, -0.05) is 23.8 Å². The van der Waals surface area contributed by atoms with E-state index in [4.69, 9.17) is 9.47 Å². The van der Waals surface area contributed by atoms with Crippen molar-refractivity contribution in [3.63, 3.8) is 0 Å². The first kappa shape index (κ1) is 26.8. The Hall–Kier alpha value is -4.82. The highest BCUT2D eigenvalue weighted by Gasteiger charge is 2.16. The summed E-state index contributed by atoms with van der Waals surface area (Å²) in [6.45, 7) is 1.22. The molecule has 3 rings (SSSR count). The topological polar surface area (TPSA) is 158 Å². The fraction of sp³-hybridized carbons (Fsp3) is 0.115. The zero-order chi connectivity index (χ0) is 27.0. The van der Waals surface area contributed by atoms with E-state index in [1.165, 1.54) is 55.7 Å². The normalized spacial score (nSPS) is 11.2. The van der Waals surface area contributed by atoms with Gasteiger partial charge >= 0.3 is 0 Å². The van der Waals surface area contributed by atoms with E-state index >= 15 is 0 Å². The van der Waals surface area contributed by atoms with Crippen LogP contribution in [0.4, 0.5) is 11.4 Å². The van der Waals surface area contributed by atoms with Crippen LogP contribution in [0, 0.1) is 18.3 Å². The Balaban J connectivity index is 1.72. The summed E-state index contributed by atoms with van der Waals surface area (Å²) < 4.78 is 38.0. The fourth-order valence-electron chi connectivity index (χ4n) is 3.10. The zero-order valence-corrected chi connectivity index (χ0v) is 20.7. The van der Waals surface area contributed by atoms with Gasteiger partial charge in [0, 0.05) is 11.4 Å². The Labute approximate surface area is 213 Å². The molecule has 0 saturated heterocycles. The highest BCUT2D eigenvalue weighted by molar-refractivity contribution is 7.92. The van der Waals surface area contributed by atoms with Gasteiger partial charge in [-0.2, -0.15) is 5.26 Å². The summed E-state index contributed by atoms with van der Waals surface area (Å²) >= 11 is 0. The number of aryl methyl sites for hydroxylation is 1. The van der Waals surface area contributed by atoms with Crippen LogP contribution in [0.5, 0.6) is 11.5 Å². The van der Waals surface area contributed by atoms with Crippen LogP contribution in [0.2, 0.25) is 0 Å². The van der Waals surface area contributed by atoms with Gasteiger partial charge in [0.25, 0.3) is 15.9 Å². The van der Waals surface area contributed by atoms with E-state index in [1.54, 1.807) is 24.3 Å². The highest BCUT2D eigenvalue weighted by atomic mass is 32.2. The quantitative estimate of drug-likeness (QED) is 0.305. The van der Waals surface area contributed by atoms with Gasteiger partial charge in [0.15, 0.2) is 11.5 Å². The number of anilines is 2. The SMILES string of the molecule is COc1cc(/C=C(\C#N)C(=O)Nc2ccc(S(=O)(=O)Nc3ccc(C)cc3)cc2)ccc1OCC(=O)[O-]. The lowest BCUT2D eigenvalue weighted by molar-refractivity contribution is -0.307. The van der Waals surface area contributed by atoms with Crippen LogP contribution < -0.4 is 24.6 Å². The van der Waals surface area contributed by atoms with Crippen LogP contribution in [-0.2, 0) is 19.6 Å². The summed E-state index contributed by atoms with van der Waals surface area (Å²) in [5.74, 6) is -1.77. The second kappa shape index (κ2) is 11.7. The third-order valence-electron chi connectivity index (χ3n) is 4.94. The number of hydrogen-bond donors (Lipinski definition) is 2. The second-order valence-corrected chi connectivity index (χ2v) is 9.37. The number of carbonyl (C=O) groups is 2. The summed E-state index contributed by atoms with van der Waals surface area (Å²) in [4.78, 5) is 23.2. The predicted octanol–water partition coefficient (Wildman–Crippen LogP) is 2.48. The Bertz CT molecular complexity index is 1470. The number of carboxylic acids is 1. The molecule has 0 radical (unpaired) electrons. The van der Waals surface area contributed by atoms with Crippen molar-refractivity contribution >= 4 is 39.4 Å². The molecule has 11 heteroatoms. The van der Waals surface area contributed by atoms with Crippen LogP contribution in [0.3, 0.4) is 0 Å². The number of ether oxygens (including phenoxy) is 2. The molecule has 0 aliphatic rings. The first-order chi connectivity index (χ1) is 17.6. The van der Waals surface area contributed by atoms with Gasteiger partial charge in [-0.3, -0.25) is 9.52 Å². The molecule has 0 aliphatic heterocycles. The molecular formula is C26H22N3O7S-. The van der Waals surface area contributed by atoms with Crippen molar-refractivity contribution in [2.24, 2.45) is 0 Å². The molecule has 0 saturated carbocycles. The van der Waals surface area contributed by atoms with Gasteiger partial charge in [0.2, 0.25) is 0 Å². The minimum atomic E-state index is -3.84. The number of sulfonamides is 1. The van der Waals surface area contributed by atoms with Crippen molar-refractivity contribution in [2.75, 3.05) is 23.8 Å². The highest BCUT2D eigenvalue weighted by Crippen LogP contribution is 2.29. The van der Waals surface area contributed by atoms with Gasteiger partial charge in [-0.05, 0) is 67.1 Å². The Kier molecular flexibility index (Phi) is 8.50. The second-order valence-electron chi connectivity index (χ2n) is 7.69. The van der Waals surface area contributed by atoms with E-state index in [0.29, 0.717) is 11.3 Å². The first-order valence-electron chi connectivity index (χ1n) is 10.7. The van der Waals surface area contributed by atoms with E-state index in [1.807, 2.05) is 13.0 Å². The molecule has 3 aromatic carbocycles. The third-order valence-corrected chi connectivity index (χ3v) is 6.33. The lowest BCUT2D eigenvalue weighted by Crippen LogP contribution is -2.29. The lowest BCUT2D eigenvalue weighted by atomic mass is 10.1. The number of amides is 1. The molecule has 0 aromatic heterocycles. The fourth-order valence-corrected chi connectivity index (χ4v) is 4.16. The van der Waals surface area contributed by atoms with Gasteiger partial charge in [-0.25, -0.2) is 8.42 Å². The lowest BCUT2D eigenvalue weighted by Gasteiger charge is -2.12. The van der Waals surface area contributed by atoms with Crippen molar-refractivity contribution in [1.29, 1.82) is 5.26 Å². The van der Waals surface area contributed by atoms with Gasteiger partial charge < -0.3 is 24.7 Å². The number of nitriles is 1. The number of nitrogens with zero attached hydrogens (tertiary/aromatic N) is 1. The van der Waals surface area contributed by atoms with Crippen LogP contribution >= 0.6 is 0 Å². The maximum Gasteiger partial charge on any atom is 0.266 e. The zero-order valence-electron chi connectivity index (χ0n) is 19.8. The van der Waals surface area contributed by atoms with Crippen molar-refractivity contribution in [3.05, 3.63) is 83.4 Å². The van der Waals surface area contributed by atoms with E-state index < -0.39 is 28.5 Å². The third kappa shape index (κ3) is 7.33. The number of carbonyl (C=O) groups excluding carboxylic acids is 2. The summed E-state index contributed by atoms with van der Waals surface area (Å²) in [6.07, 6.45) is 1.31. The molecule has 0 spiro atoms. The molecule has 0 unspecified atom stereocenters. The predicted molar refractivity (Wildman–Crippen MR) is 134 cm³/mol. The van der Waals surface area contributed by atoms with Crippen molar-refractivity contribution < 1.29 is 32.6 Å². The van der Waals surface area contributed by atoms with Crippen molar-refractivity contribution in [2.45, 2.75) is 11.8 Å². The van der Waals surface area contributed by atoms with Crippen molar-refractivity contribution in [3.8, 4) is 17.6 Å². The smallest absolute Gasteiger partial charge is 0.266 e. The van der Waals surface area contributed by atoms with E-state index in [9.17, 15) is 28.4 Å². The van der Waals surface area contributed by atoms with Crippen LogP contribution in [-0.4, -0.2) is 34.0 Å². The van der Waals surface area contributed by atoms with Gasteiger partial charge in [-0.15, -0.1) is 0 Å². The minimum absolute atomic E-state index is 0.00444. The molecule has 0 bridgehead atoms. The molecule has 3 aromatic rings. The van der Waals surface area contributed by atoms with Crippen LogP contribution in [0.15, 0.2) is 77.2 Å². The van der Waals surface area contributed by atoms with Crippen LogP contribution in [0.1, 0.15) is 11.1 Å². The molecule has 0 fully saturated rings. The largest absolute Gasteiger partial charge is 0.546 e. The van der Waals surface area contributed by atoms with E-state index in [0.717, 1.165) is 5.56 Å². The molecule has 2 N–H and O–H groups in total. The summed E-state index contributed by atoms with van der Waals surface area (Å²) in [5.41, 5.74) is 1.88. The van der Waals surface area contributed by atoms with Crippen molar-refractivity contribution in [1.82, 2.24) is 0 Å². The average molecular weight is 521 g/mol. The van der Waals surface area contributed by atoms with Gasteiger partial charge in [0.1, 0.15) is 18.2 Å². The molecule has 190 valence electrons. The van der Waals surface area contributed by atoms with Gasteiger partial charge in [0.05, 0.1) is 18.0 Å². The first-order valence-corrected chi connectivity index (χ1v) is 12.2. The Morgan fingerprint density at radius 2 is 1.65 bits per heavy atom. The van der Waals surface area contributed by atoms with E-state index in [2.05, 4.69) is 10.0 Å². The summed E-state index contributed by atoms with van der Waals surface area (Å²) in [5, 5.41) is 22.6. The van der Waals surface area contributed by atoms with E-state index in [-0.39, 0.29) is 27.7 Å². The summed E-state index contributed by atoms with van der Waals surface area (Å²) in [7, 11) is -2.48. The number of benzene rings is 3. The maximum atomic E-state index is 12.6. The standard InChI is InChI=1S/C26H23N3O7S/c1-17-3-6-21(7-4-17)29-37(33,34)22-10-8-20(9-11-22)28-26(32)19(15-27)13-18-5-12-23(24(14-18)35-2)36-16-25(30)31/h3-14,29H,16H2,1-2H3,(H,28,32)(H,30,31)/p-1/b19-13+. The average Bonchev–Trinajstić information content (AvgIpc) is 2.87. The summed E-state index contributed by atoms with van der Waals surface area (Å²) in [6, 6.07) is 18.6. The number of methoxy groups -OCH3 is 1. The number of aliphatic carboxylic acids is 1. The molecule has 0 heterocycles. The Morgan fingerprint density at radius 1 is 1.00 bits per heavy atom. The maximum absolute atomic E-state index is 12.6. The number of rotatable bonds is 10.